The van der Waals surface area contributed by atoms with Crippen LogP contribution in [-0.4, -0.2) is 28.2 Å². The number of nitrogens with zero attached hydrogens (tertiary/aromatic N) is 4. The number of aromatic nitrogens is 1. The predicted octanol–water partition coefficient (Wildman–Crippen LogP) is 6.12. The molecule has 47 heavy (non-hydrogen) atoms. The first kappa shape index (κ1) is 33.6. The molecule has 0 bridgehead atoms. The first-order valence-electron chi connectivity index (χ1n) is 13.5. The van der Waals surface area contributed by atoms with Crippen LogP contribution in [0.25, 0.3) is 6.08 Å². The number of nitro benzene ring substituents is 1. The van der Waals surface area contributed by atoms with Gasteiger partial charge in [-0.15, -0.1) is 0 Å². The van der Waals surface area contributed by atoms with E-state index >= 15 is 0 Å². The van der Waals surface area contributed by atoms with Crippen molar-refractivity contribution in [1.82, 2.24) is 4.57 Å². The van der Waals surface area contributed by atoms with E-state index in [0.29, 0.717) is 22.5 Å². The number of nitriles is 1. The summed E-state index contributed by atoms with van der Waals surface area (Å²) in [6, 6.07) is 15.2. The van der Waals surface area contributed by atoms with E-state index in [9.17, 15) is 38.1 Å². The number of fused-ring (bicyclic) bond motifs is 1. The number of alkyl halides is 3. The van der Waals surface area contributed by atoms with E-state index in [-0.39, 0.29) is 48.9 Å². The molecule has 0 amide bonds. The van der Waals surface area contributed by atoms with Gasteiger partial charge in [0.2, 0.25) is 5.75 Å². The molecule has 0 N–H and O–H groups in total. The fourth-order valence-electron chi connectivity index (χ4n) is 4.82. The monoisotopic (exact) mass is 746 g/mol. The molecule has 5 rings (SSSR count). The van der Waals surface area contributed by atoms with Crippen LogP contribution in [0.15, 0.2) is 86.2 Å². The zero-order chi connectivity index (χ0) is 34.0. The van der Waals surface area contributed by atoms with Gasteiger partial charge in [-0.3, -0.25) is 19.5 Å². The van der Waals surface area contributed by atoms with Gasteiger partial charge >= 0.3 is 17.8 Å². The number of thiazole rings is 1. The molecule has 10 nitrogen and oxygen atoms in total. The number of carbonyl (C=O) groups is 1. The molecule has 1 aliphatic rings. The van der Waals surface area contributed by atoms with E-state index in [0.717, 1.165) is 10.6 Å². The summed E-state index contributed by atoms with van der Waals surface area (Å²) in [7, 11) is 0. The van der Waals surface area contributed by atoms with E-state index in [4.69, 9.17) is 21.1 Å². The molecular weight excluding hydrogens is 729 g/mol. The Morgan fingerprint density at radius 3 is 2.57 bits per heavy atom. The van der Waals surface area contributed by atoms with Gasteiger partial charge in [-0.05, 0) is 64.3 Å². The molecule has 1 atom stereocenters. The van der Waals surface area contributed by atoms with Gasteiger partial charge in [-0.2, -0.15) is 18.4 Å². The molecule has 1 aliphatic heterocycles. The summed E-state index contributed by atoms with van der Waals surface area (Å²) >= 11 is 9.88. The van der Waals surface area contributed by atoms with Gasteiger partial charge < -0.3 is 9.47 Å². The zero-order valence-electron chi connectivity index (χ0n) is 23.9. The van der Waals surface area contributed by atoms with Crippen LogP contribution in [0.3, 0.4) is 0 Å². The number of nitro groups is 1. The van der Waals surface area contributed by atoms with E-state index in [1.165, 1.54) is 43.3 Å². The summed E-state index contributed by atoms with van der Waals surface area (Å²) < 4.78 is 54.7. The fourth-order valence-corrected chi connectivity index (χ4v) is 6.53. The number of hydrogen-bond acceptors (Lipinski definition) is 9. The second kappa shape index (κ2) is 13.5. The summed E-state index contributed by atoms with van der Waals surface area (Å²) in [6.45, 7) is 1.04. The van der Waals surface area contributed by atoms with Gasteiger partial charge in [0.15, 0.2) is 10.5 Å². The van der Waals surface area contributed by atoms with Crippen molar-refractivity contribution < 1.29 is 32.4 Å². The van der Waals surface area contributed by atoms with E-state index in [2.05, 4.69) is 20.9 Å². The normalized spacial score (nSPS) is 14.7. The molecule has 0 radical (unpaired) electrons. The molecule has 16 heteroatoms. The number of carbonyl (C=O) groups excluding carboxylic acids is 1. The predicted molar refractivity (Wildman–Crippen MR) is 169 cm³/mol. The van der Waals surface area contributed by atoms with Gasteiger partial charge in [0.05, 0.1) is 43.8 Å². The number of rotatable bonds is 8. The molecular formula is C31H19BrClF3N4O6S. The van der Waals surface area contributed by atoms with Crippen LogP contribution in [-0.2, 0) is 16.1 Å². The summed E-state index contributed by atoms with van der Waals surface area (Å²) in [5.41, 5.74) is -2.56. The molecule has 0 saturated heterocycles. The van der Waals surface area contributed by atoms with Gasteiger partial charge in [-0.25, -0.2) is 9.79 Å². The Balaban J connectivity index is 1.66. The highest BCUT2D eigenvalue weighted by molar-refractivity contribution is 9.10. The molecule has 0 saturated carbocycles. The second-order valence-corrected chi connectivity index (χ2v) is 12.1. The second-order valence-electron chi connectivity index (χ2n) is 9.78. The topological polar surface area (TPSA) is 137 Å². The average Bonchev–Trinajstić information content (AvgIpc) is 3.33. The van der Waals surface area contributed by atoms with Crippen LogP contribution in [0.4, 0.5) is 18.9 Å². The highest BCUT2D eigenvalue weighted by atomic mass is 79.9. The maximum atomic E-state index is 14.3. The Morgan fingerprint density at radius 1 is 1.23 bits per heavy atom. The van der Waals surface area contributed by atoms with Crippen molar-refractivity contribution in [2.75, 3.05) is 6.61 Å². The van der Waals surface area contributed by atoms with Crippen molar-refractivity contribution in [2.24, 2.45) is 4.99 Å². The molecule has 1 aromatic heterocycles. The van der Waals surface area contributed by atoms with Crippen LogP contribution < -0.4 is 19.6 Å². The van der Waals surface area contributed by atoms with Gasteiger partial charge in [0, 0.05) is 16.7 Å². The van der Waals surface area contributed by atoms with Crippen LogP contribution >= 0.6 is 38.9 Å². The Hall–Kier alpha value is -4.78. The van der Waals surface area contributed by atoms with Crippen LogP contribution in [0, 0.1) is 21.4 Å². The number of benzene rings is 3. The lowest BCUT2D eigenvalue weighted by atomic mass is 9.95. The lowest BCUT2D eigenvalue weighted by Gasteiger charge is -2.26. The first-order valence-corrected chi connectivity index (χ1v) is 15.5. The van der Waals surface area contributed by atoms with Gasteiger partial charge in [-0.1, -0.05) is 53.3 Å². The number of esters is 1. The minimum atomic E-state index is -5.09. The smallest absolute Gasteiger partial charge is 0.434 e. The number of halogens is 5. The average molecular weight is 748 g/mol. The minimum Gasteiger partial charge on any atom is -0.481 e. The maximum absolute atomic E-state index is 14.3. The van der Waals surface area contributed by atoms with E-state index in [1.54, 1.807) is 24.3 Å². The molecule has 4 aromatic rings. The summed E-state index contributed by atoms with van der Waals surface area (Å²) in [5, 5.41) is 21.7. The van der Waals surface area contributed by atoms with Gasteiger partial charge in [0.25, 0.3) is 5.56 Å². The summed E-state index contributed by atoms with van der Waals surface area (Å²) in [4.78, 5) is 41.5. The number of hydrogen-bond donors (Lipinski definition) is 0. The summed E-state index contributed by atoms with van der Waals surface area (Å²) in [6.07, 6.45) is -3.83. The minimum absolute atomic E-state index is 0.118. The lowest BCUT2D eigenvalue weighted by molar-refractivity contribution is -0.386. The van der Waals surface area contributed by atoms with Crippen LogP contribution in [0.5, 0.6) is 5.75 Å². The third kappa shape index (κ3) is 6.85. The Kier molecular flexibility index (Phi) is 9.66. The highest BCUT2D eigenvalue weighted by Crippen LogP contribution is 2.39. The largest absolute Gasteiger partial charge is 0.481 e. The lowest BCUT2D eigenvalue weighted by Crippen LogP contribution is -2.41. The maximum Gasteiger partial charge on any atom is 0.434 e. The SMILES string of the molecule is CCOC(=O)C1=C(C(F)(F)F)N=c2s/c(=C\c3cc(Br)c(OCc4ccccc4C#N)c([N+](=O)[O-])c3)c(=O)n2[C@H]1c1ccc(Cl)cc1. The first-order chi connectivity index (χ1) is 22.3. The van der Waals surface area contributed by atoms with Crippen molar-refractivity contribution in [1.29, 1.82) is 5.26 Å². The summed E-state index contributed by atoms with van der Waals surface area (Å²) in [5.74, 6) is -1.44. The third-order valence-corrected chi connectivity index (χ3v) is 8.66. The molecule has 0 spiro atoms. The molecule has 240 valence electrons. The van der Waals surface area contributed by atoms with Gasteiger partial charge in [0.1, 0.15) is 6.61 Å². The van der Waals surface area contributed by atoms with E-state index < -0.39 is 45.6 Å². The van der Waals surface area contributed by atoms with Crippen LogP contribution in [0.2, 0.25) is 5.02 Å². The van der Waals surface area contributed by atoms with E-state index in [1.807, 2.05) is 6.07 Å². The molecule has 0 fully saturated rings. The fraction of sp³-hybridized carbons (Fsp3) is 0.161. The Labute approximate surface area is 280 Å². The standard InChI is InChI=1S/C31H19BrClF3N4O6S/c1-2-45-29(42)24-25(17-7-9-20(33)10-8-17)39-28(41)23(47-30(39)38-27(24)31(34,35)36)13-16-11-21(32)26(22(12-16)40(43)44)46-15-19-6-4-3-5-18(19)14-37/h3-13,25H,2,15H2,1H3/b23-13-/t25-/m0/s1. The molecule has 0 aliphatic carbocycles. The van der Waals surface area contributed by atoms with Crippen molar-refractivity contribution >= 4 is 56.6 Å². The van der Waals surface area contributed by atoms with Crippen molar-refractivity contribution in [3.05, 3.63) is 133 Å². The molecule has 0 unspecified atom stereocenters. The Bertz CT molecular complexity index is 2170. The molecule has 2 heterocycles. The quantitative estimate of drug-likeness (QED) is 0.120. The van der Waals surface area contributed by atoms with Crippen LogP contribution in [0.1, 0.15) is 35.2 Å². The van der Waals surface area contributed by atoms with Crippen molar-refractivity contribution in [3.8, 4) is 11.8 Å². The third-order valence-electron chi connectivity index (χ3n) is 6.83. The highest BCUT2D eigenvalue weighted by Gasteiger charge is 2.45. The van der Waals surface area contributed by atoms with Crippen molar-refractivity contribution in [3.63, 3.8) is 0 Å². The Morgan fingerprint density at radius 2 is 1.94 bits per heavy atom. The number of allylic oxidation sites excluding steroid dienone is 1. The number of ether oxygens (including phenoxy) is 2. The zero-order valence-corrected chi connectivity index (χ0v) is 27.0. The molecule has 3 aromatic carbocycles. The van der Waals surface area contributed by atoms with Crippen molar-refractivity contribution in [2.45, 2.75) is 25.7 Å².